The highest BCUT2D eigenvalue weighted by Crippen LogP contribution is 2.32. The lowest BCUT2D eigenvalue weighted by atomic mass is 10.2. The molecule has 0 bridgehead atoms. The number of rotatable bonds is 2. The van der Waals surface area contributed by atoms with Crippen LogP contribution in [0, 0.1) is 5.82 Å². The van der Waals surface area contributed by atoms with E-state index in [1.54, 1.807) is 0 Å². The van der Waals surface area contributed by atoms with Crippen LogP contribution in [0.5, 0.6) is 0 Å². The predicted molar refractivity (Wildman–Crippen MR) is 75.7 cm³/mol. The van der Waals surface area contributed by atoms with Crippen LogP contribution in [0.4, 0.5) is 15.9 Å². The molecule has 2 rings (SSSR count). The number of carbonyl (C=O) groups is 1. The molecule has 1 aromatic heterocycles. The molecule has 1 amide bonds. The van der Waals surface area contributed by atoms with Gasteiger partial charge in [-0.15, -0.1) is 0 Å². The van der Waals surface area contributed by atoms with E-state index >= 15 is 0 Å². The van der Waals surface area contributed by atoms with E-state index < -0.39 is 11.7 Å². The Morgan fingerprint density at radius 1 is 1.42 bits per heavy atom. The Balaban J connectivity index is 2.29. The standard InChI is InChI=1S/C12H8BrClFN3O/c13-8-4-7(15)5-9(14)11(8)18-12(19)6-1-2-17-10(16)3-6/h1-5H,(H2,16,17)(H,18,19). The molecule has 19 heavy (non-hydrogen) atoms. The minimum absolute atomic E-state index is 0.0993. The molecule has 0 aliphatic rings. The van der Waals surface area contributed by atoms with Gasteiger partial charge in [-0.25, -0.2) is 9.37 Å². The predicted octanol–water partition coefficient (Wildman–Crippen LogP) is 3.47. The van der Waals surface area contributed by atoms with Crippen molar-refractivity contribution in [2.45, 2.75) is 0 Å². The van der Waals surface area contributed by atoms with Crippen LogP contribution in [0.25, 0.3) is 0 Å². The van der Waals surface area contributed by atoms with Gasteiger partial charge >= 0.3 is 0 Å². The van der Waals surface area contributed by atoms with Crippen LogP contribution in [-0.2, 0) is 0 Å². The highest BCUT2D eigenvalue weighted by Gasteiger charge is 2.13. The van der Waals surface area contributed by atoms with Crippen LogP contribution in [0.15, 0.2) is 34.9 Å². The van der Waals surface area contributed by atoms with E-state index in [-0.39, 0.29) is 10.8 Å². The first-order valence-electron chi connectivity index (χ1n) is 5.15. The van der Waals surface area contributed by atoms with Crippen molar-refractivity contribution in [1.82, 2.24) is 4.98 Å². The molecule has 0 saturated carbocycles. The first kappa shape index (κ1) is 13.8. The number of nitrogens with one attached hydrogen (secondary N) is 1. The molecule has 0 spiro atoms. The fourth-order valence-electron chi connectivity index (χ4n) is 1.44. The lowest BCUT2D eigenvalue weighted by Gasteiger charge is -2.09. The fourth-order valence-corrected chi connectivity index (χ4v) is 2.34. The van der Waals surface area contributed by atoms with Crippen molar-refractivity contribution in [2.75, 3.05) is 11.1 Å². The van der Waals surface area contributed by atoms with Crippen molar-refractivity contribution >= 4 is 44.9 Å². The zero-order chi connectivity index (χ0) is 14.0. The van der Waals surface area contributed by atoms with Gasteiger partial charge in [0.05, 0.1) is 10.7 Å². The van der Waals surface area contributed by atoms with Crippen LogP contribution >= 0.6 is 27.5 Å². The summed E-state index contributed by atoms with van der Waals surface area (Å²) in [5.41, 5.74) is 6.12. The van der Waals surface area contributed by atoms with E-state index in [2.05, 4.69) is 26.2 Å². The third kappa shape index (κ3) is 3.21. The Morgan fingerprint density at radius 2 is 2.16 bits per heavy atom. The summed E-state index contributed by atoms with van der Waals surface area (Å²) in [6.45, 7) is 0. The average molecular weight is 345 g/mol. The quantitative estimate of drug-likeness (QED) is 0.876. The molecular formula is C12H8BrClFN3O. The summed E-state index contributed by atoms with van der Waals surface area (Å²) in [4.78, 5) is 15.8. The normalized spacial score (nSPS) is 10.3. The van der Waals surface area contributed by atoms with Gasteiger partial charge in [-0.1, -0.05) is 11.6 Å². The lowest BCUT2D eigenvalue weighted by molar-refractivity contribution is 0.102. The number of amides is 1. The largest absolute Gasteiger partial charge is 0.384 e. The molecule has 3 N–H and O–H groups in total. The van der Waals surface area contributed by atoms with Crippen molar-refractivity contribution in [3.8, 4) is 0 Å². The molecule has 0 atom stereocenters. The van der Waals surface area contributed by atoms with Gasteiger partial charge in [0.2, 0.25) is 0 Å². The van der Waals surface area contributed by atoms with E-state index in [1.165, 1.54) is 24.4 Å². The Morgan fingerprint density at radius 3 is 2.79 bits per heavy atom. The van der Waals surface area contributed by atoms with E-state index in [1.807, 2.05) is 0 Å². The second-order valence-electron chi connectivity index (χ2n) is 3.67. The summed E-state index contributed by atoms with van der Waals surface area (Å²) in [6, 6.07) is 5.27. The number of nitrogens with two attached hydrogens (primary N) is 1. The zero-order valence-electron chi connectivity index (χ0n) is 9.45. The molecule has 4 nitrogen and oxygen atoms in total. The fraction of sp³-hybridized carbons (Fsp3) is 0. The number of aromatic nitrogens is 1. The van der Waals surface area contributed by atoms with Crippen molar-refractivity contribution < 1.29 is 9.18 Å². The van der Waals surface area contributed by atoms with Crippen LogP contribution in [-0.4, -0.2) is 10.9 Å². The van der Waals surface area contributed by atoms with Gasteiger partial charge in [-0.05, 0) is 40.2 Å². The Labute approximate surface area is 121 Å². The smallest absolute Gasteiger partial charge is 0.255 e. The zero-order valence-corrected chi connectivity index (χ0v) is 11.8. The molecule has 0 aliphatic carbocycles. The molecule has 1 aromatic carbocycles. The summed E-state index contributed by atoms with van der Waals surface area (Å²) >= 11 is 9.01. The molecule has 0 fully saturated rings. The number of hydrogen-bond donors (Lipinski definition) is 2. The summed E-state index contributed by atoms with van der Waals surface area (Å²) < 4.78 is 13.4. The number of nitrogens with zero attached hydrogens (tertiary/aromatic N) is 1. The van der Waals surface area contributed by atoms with Crippen molar-refractivity contribution in [3.63, 3.8) is 0 Å². The van der Waals surface area contributed by atoms with Crippen LogP contribution < -0.4 is 11.1 Å². The van der Waals surface area contributed by atoms with Gasteiger partial charge in [0.1, 0.15) is 11.6 Å². The third-order valence-electron chi connectivity index (χ3n) is 2.29. The first-order valence-corrected chi connectivity index (χ1v) is 6.32. The van der Waals surface area contributed by atoms with Gasteiger partial charge < -0.3 is 11.1 Å². The van der Waals surface area contributed by atoms with Crippen molar-refractivity contribution in [2.24, 2.45) is 0 Å². The average Bonchev–Trinajstić information content (AvgIpc) is 2.33. The monoisotopic (exact) mass is 343 g/mol. The number of carbonyl (C=O) groups excluding carboxylic acids is 1. The van der Waals surface area contributed by atoms with Crippen molar-refractivity contribution in [3.05, 3.63) is 51.3 Å². The highest BCUT2D eigenvalue weighted by molar-refractivity contribution is 9.10. The second-order valence-corrected chi connectivity index (χ2v) is 4.93. The van der Waals surface area contributed by atoms with E-state index in [4.69, 9.17) is 17.3 Å². The third-order valence-corrected chi connectivity index (χ3v) is 3.21. The van der Waals surface area contributed by atoms with Gasteiger partial charge in [0.15, 0.2) is 0 Å². The SMILES string of the molecule is Nc1cc(C(=O)Nc2c(Cl)cc(F)cc2Br)ccn1. The summed E-state index contributed by atoms with van der Waals surface area (Å²) in [7, 11) is 0. The maximum Gasteiger partial charge on any atom is 0.255 e. The Hall–Kier alpha value is -1.66. The molecule has 1 heterocycles. The number of hydrogen-bond acceptors (Lipinski definition) is 3. The number of anilines is 2. The topological polar surface area (TPSA) is 68.0 Å². The van der Waals surface area contributed by atoms with Gasteiger partial charge in [0, 0.05) is 16.2 Å². The van der Waals surface area contributed by atoms with E-state index in [0.29, 0.717) is 15.7 Å². The number of pyridine rings is 1. The lowest BCUT2D eigenvalue weighted by Crippen LogP contribution is -2.13. The number of halogens is 3. The second kappa shape index (κ2) is 5.54. The van der Waals surface area contributed by atoms with Gasteiger partial charge in [-0.3, -0.25) is 4.79 Å². The van der Waals surface area contributed by atoms with E-state index in [0.717, 1.165) is 6.07 Å². The van der Waals surface area contributed by atoms with Gasteiger partial charge in [0.25, 0.3) is 5.91 Å². The highest BCUT2D eigenvalue weighted by atomic mass is 79.9. The maximum atomic E-state index is 13.1. The molecule has 2 aromatic rings. The molecule has 98 valence electrons. The number of benzene rings is 1. The van der Waals surface area contributed by atoms with Crippen LogP contribution in [0.1, 0.15) is 10.4 Å². The van der Waals surface area contributed by atoms with E-state index in [9.17, 15) is 9.18 Å². The van der Waals surface area contributed by atoms with Crippen LogP contribution in [0.2, 0.25) is 5.02 Å². The molecular weight excluding hydrogens is 337 g/mol. The minimum Gasteiger partial charge on any atom is -0.384 e. The van der Waals surface area contributed by atoms with Gasteiger partial charge in [-0.2, -0.15) is 0 Å². The Kier molecular flexibility index (Phi) is 4.01. The summed E-state index contributed by atoms with van der Waals surface area (Å²) in [6.07, 6.45) is 1.42. The minimum atomic E-state index is -0.497. The summed E-state index contributed by atoms with van der Waals surface area (Å²) in [5, 5.41) is 2.68. The summed E-state index contributed by atoms with van der Waals surface area (Å²) in [5.74, 6) is -0.678. The number of nitrogen functional groups attached to an aromatic ring is 1. The molecule has 7 heteroatoms. The molecule has 0 saturated heterocycles. The molecule has 0 aliphatic heterocycles. The van der Waals surface area contributed by atoms with Crippen LogP contribution in [0.3, 0.4) is 0 Å². The first-order chi connectivity index (χ1) is 8.97. The Bertz CT molecular complexity index is 628. The maximum absolute atomic E-state index is 13.1. The molecule has 0 radical (unpaired) electrons. The molecule has 0 unspecified atom stereocenters. The van der Waals surface area contributed by atoms with Crippen molar-refractivity contribution in [1.29, 1.82) is 0 Å².